The van der Waals surface area contributed by atoms with E-state index in [4.69, 9.17) is 0 Å². The summed E-state index contributed by atoms with van der Waals surface area (Å²) in [5, 5.41) is 8.70. The van der Waals surface area contributed by atoms with Gasteiger partial charge in [-0.1, -0.05) is 42.5 Å². The first-order valence-electron chi connectivity index (χ1n) is 12.3. The Morgan fingerprint density at radius 3 is 2.38 bits per heavy atom. The Morgan fingerprint density at radius 2 is 1.60 bits per heavy atom. The van der Waals surface area contributed by atoms with Crippen molar-refractivity contribution >= 4 is 27.5 Å². The average molecular weight is 551 g/mol. The van der Waals surface area contributed by atoms with Gasteiger partial charge in [0.2, 0.25) is 0 Å². The van der Waals surface area contributed by atoms with Crippen LogP contribution in [0.1, 0.15) is 16.7 Å². The van der Waals surface area contributed by atoms with Crippen molar-refractivity contribution in [2.45, 2.75) is 19.3 Å². The Bertz CT molecular complexity index is 1850. The number of anilines is 1. The van der Waals surface area contributed by atoms with E-state index in [1.807, 2.05) is 36.5 Å². The zero-order chi connectivity index (χ0) is 28.0. The molecule has 0 radical (unpaired) electrons. The van der Waals surface area contributed by atoms with Crippen molar-refractivity contribution in [3.05, 3.63) is 119 Å². The number of aromatic nitrogens is 3. The first-order valence-corrected chi connectivity index (χ1v) is 12.3. The number of halogens is 6. The van der Waals surface area contributed by atoms with Crippen molar-refractivity contribution in [2.24, 2.45) is 0 Å². The molecule has 2 N–H and O–H groups in total. The highest BCUT2D eigenvalue weighted by molar-refractivity contribution is 5.96. The van der Waals surface area contributed by atoms with Crippen LogP contribution in [-0.2, 0) is 19.3 Å². The fraction of sp³-hybridized carbons (Fsp3) is 0.100. The Hall–Kier alpha value is -4.73. The predicted octanol–water partition coefficient (Wildman–Crippen LogP) is 8.28. The minimum atomic E-state index is -4.70. The summed E-state index contributed by atoms with van der Waals surface area (Å²) in [4.78, 5) is 3.21. The second-order valence-electron chi connectivity index (χ2n) is 9.35. The van der Waals surface area contributed by atoms with Gasteiger partial charge in [-0.3, -0.25) is 4.68 Å². The molecular weight excluding hydrogens is 530 g/mol. The number of nitrogens with zero attached hydrogens (tertiary/aromatic N) is 2. The second-order valence-corrected chi connectivity index (χ2v) is 9.35. The van der Waals surface area contributed by atoms with Crippen molar-refractivity contribution in [2.75, 3.05) is 5.32 Å². The van der Waals surface area contributed by atoms with Gasteiger partial charge in [-0.15, -0.1) is 0 Å². The van der Waals surface area contributed by atoms with E-state index >= 15 is 0 Å². The molecule has 4 aromatic carbocycles. The smallest absolute Gasteiger partial charge is 0.381 e. The van der Waals surface area contributed by atoms with Gasteiger partial charge in [0.05, 0.1) is 23.3 Å². The van der Waals surface area contributed by atoms with Gasteiger partial charge >= 0.3 is 6.18 Å². The summed E-state index contributed by atoms with van der Waals surface area (Å²) in [5.41, 5.74) is 1.54. The molecule has 0 fully saturated rings. The van der Waals surface area contributed by atoms with Gasteiger partial charge in [0.25, 0.3) is 0 Å². The van der Waals surface area contributed by atoms with E-state index in [0.29, 0.717) is 29.9 Å². The Balaban J connectivity index is 1.44. The molecule has 0 aliphatic heterocycles. The normalized spacial score (nSPS) is 11.9. The molecular formula is C30H20F6N4. The van der Waals surface area contributed by atoms with Gasteiger partial charge in [0.15, 0.2) is 0 Å². The number of H-pyrrole nitrogens is 1. The molecule has 0 amide bonds. The molecule has 2 heterocycles. The minimum absolute atomic E-state index is 0.158. The molecule has 0 aliphatic carbocycles. The average Bonchev–Trinajstić information content (AvgIpc) is 3.53. The van der Waals surface area contributed by atoms with Gasteiger partial charge in [0.1, 0.15) is 23.0 Å². The third-order valence-corrected chi connectivity index (χ3v) is 6.78. The number of hydrogen-bond acceptors (Lipinski definition) is 2. The summed E-state index contributed by atoms with van der Waals surface area (Å²) in [6.45, 7) is -0.0860. The lowest BCUT2D eigenvalue weighted by Crippen LogP contribution is -2.09. The van der Waals surface area contributed by atoms with Crippen LogP contribution in [0.15, 0.2) is 85.1 Å². The third kappa shape index (κ3) is 4.66. The molecule has 6 rings (SSSR count). The standard InChI is InChI=1S/C30H20F6N4/c31-20-13-25(32)23(26(33)14-20)16-40-29(22-8-3-9-24(28(22)39-40)30(34,35)36)18-5-2-7-21(12-18)38-15-19-6-1-4-17-10-11-37-27(17)19/h1-14,37-38H,15-16H2. The molecule has 40 heavy (non-hydrogen) atoms. The van der Waals surface area contributed by atoms with E-state index in [2.05, 4.69) is 15.4 Å². The van der Waals surface area contributed by atoms with E-state index in [-0.39, 0.29) is 16.6 Å². The number of hydrogen-bond donors (Lipinski definition) is 2. The van der Waals surface area contributed by atoms with Gasteiger partial charge in [-0.2, -0.15) is 18.3 Å². The molecule has 2 aromatic heterocycles. The van der Waals surface area contributed by atoms with Crippen molar-refractivity contribution in [1.82, 2.24) is 14.8 Å². The van der Waals surface area contributed by atoms with Crippen LogP contribution in [0.4, 0.5) is 32.0 Å². The SMILES string of the molecule is Fc1cc(F)c(Cn2nc3c(C(F)(F)F)cccc3c2-c2cccc(NCc3cccc4cc[nH]c34)c2)c(F)c1. The number of fused-ring (bicyclic) bond motifs is 2. The quantitative estimate of drug-likeness (QED) is 0.205. The molecule has 202 valence electrons. The van der Waals surface area contributed by atoms with Crippen molar-refractivity contribution in [3.8, 4) is 11.3 Å². The third-order valence-electron chi connectivity index (χ3n) is 6.78. The van der Waals surface area contributed by atoms with Crippen LogP contribution in [-0.4, -0.2) is 14.8 Å². The number of alkyl halides is 3. The molecule has 0 unspecified atom stereocenters. The highest BCUT2D eigenvalue weighted by Crippen LogP contribution is 2.39. The Labute approximate surface area is 223 Å². The highest BCUT2D eigenvalue weighted by Gasteiger charge is 2.34. The zero-order valence-electron chi connectivity index (χ0n) is 20.7. The van der Waals surface area contributed by atoms with E-state index in [1.54, 1.807) is 18.2 Å². The van der Waals surface area contributed by atoms with Gasteiger partial charge in [-0.25, -0.2) is 13.2 Å². The van der Waals surface area contributed by atoms with Crippen molar-refractivity contribution in [3.63, 3.8) is 0 Å². The lowest BCUT2D eigenvalue weighted by molar-refractivity contribution is -0.136. The number of para-hydroxylation sites is 1. The Kier molecular flexibility index (Phi) is 6.25. The van der Waals surface area contributed by atoms with Crippen molar-refractivity contribution in [1.29, 1.82) is 0 Å². The molecule has 0 atom stereocenters. The lowest BCUT2D eigenvalue weighted by Gasteiger charge is -2.13. The molecule has 0 saturated heterocycles. The van der Waals surface area contributed by atoms with E-state index in [9.17, 15) is 26.3 Å². The summed E-state index contributed by atoms with van der Waals surface area (Å²) >= 11 is 0. The van der Waals surface area contributed by atoms with Crippen LogP contribution in [0.5, 0.6) is 0 Å². The predicted molar refractivity (Wildman–Crippen MR) is 141 cm³/mol. The van der Waals surface area contributed by atoms with Crippen LogP contribution in [0, 0.1) is 17.5 Å². The second kappa shape index (κ2) is 9.78. The molecule has 0 aliphatic rings. The van der Waals surface area contributed by atoms with Crippen molar-refractivity contribution < 1.29 is 26.3 Å². The lowest BCUT2D eigenvalue weighted by atomic mass is 10.0. The maximum absolute atomic E-state index is 14.6. The van der Waals surface area contributed by atoms with Crippen LogP contribution < -0.4 is 5.32 Å². The number of nitrogens with one attached hydrogen (secondary N) is 2. The van der Waals surface area contributed by atoms with Gasteiger partial charge in [0, 0.05) is 47.1 Å². The van der Waals surface area contributed by atoms with Crippen LogP contribution >= 0.6 is 0 Å². The number of rotatable bonds is 6. The zero-order valence-corrected chi connectivity index (χ0v) is 20.7. The largest absolute Gasteiger partial charge is 0.418 e. The molecule has 0 bridgehead atoms. The molecule has 6 aromatic rings. The molecule has 10 heteroatoms. The van der Waals surface area contributed by atoms with Crippen LogP contribution in [0.2, 0.25) is 0 Å². The summed E-state index contributed by atoms with van der Waals surface area (Å²) in [6.07, 6.45) is -2.85. The van der Waals surface area contributed by atoms with Gasteiger partial charge in [-0.05, 0) is 35.2 Å². The monoisotopic (exact) mass is 550 g/mol. The number of aromatic amines is 1. The fourth-order valence-electron chi connectivity index (χ4n) is 4.94. The fourth-order valence-corrected chi connectivity index (χ4v) is 4.94. The molecule has 4 nitrogen and oxygen atoms in total. The molecule has 0 spiro atoms. The van der Waals surface area contributed by atoms with Crippen LogP contribution in [0.3, 0.4) is 0 Å². The Morgan fingerprint density at radius 1 is 0.850 bits per heavy atom. The maximum Gasteiger partial charge on any atom is 0.418 e. The minimum Gasteiger partial charge on any atom is -0.381 e. The molecule has 0 saturated carbocycles. The van der Waals surface area contributed by atoms with Gasteiger partial charge < -0.3 is 10.3 Å². The summed E-state index contributed by atoms with van der Waals surface area (Å²) < 4.78 is 85.3. The summed E-state index contributed by atoms with van der Waals surface area (Å²) in [6, 6.07) is 19.5. The van der Waals surface area contributed by atoms with Crippen LogP contribution in [0.25, 0.3) is 33.1 Å². The van der Waals surface area contributed by atoms with E-state index in [0.717, 1.165) is 27.2 Å². The topological polar surface area (TPSA) is 45.6 Å². The first-order chi connectivity index (χ1) is 19.2. The summed E-state index contributed by atoms with van der Waals surface area (Å²) in [7, 11) is 0. The van der Waals surface area contributed by atoms with E-state index in [1.165, 1.54) is 12.1 Å². The highest BCUT2D eigenvalue weighted by atomic mass is 19.4. The summed E-state index contributed by atoms with van der Waals surface area (Å²) in [5.74, 6) is -3.42. The maximum atomic E-state index is 14.6. The van der Waals surface area contributed by atoms with E-state index < -0.39 is 41.3 Å². The first kappa shape index (κ1) is 25.5. The number of benzene rings is 4.